The molecule has 242 valence electrons. The maximum absolute atomic E-state index is 13.6. The lowest BCUT2D eigenvalue weighted by atomic mass is 9.81. The van der Waals surface area contributed by atoms with Crippen molar-refractivity contribution in [2.24, 2.45) is 0 Å². The van der Waals surface area contributed by atoms with Crippen LogP contribution in [0.2, 0.25) is 0 Å². The van der Waals surface area contributed by atoms with Crippen molar-refractivity contribution in [1.82, 2.24) is 4.90 Å². The first-order valence-electron chi connectivity index (χ1n) is 14.1. The minimum absolute atomic E-state index is 0.00368. The molecule has 0 saturated carbocycles. The van der Waals surface area contributed by atoms with Crippen molar-refractivity contribution in [1.29, 1.82) is 5.26 Å². The number of nitriles is 1. The third-order valence-corrected chi connectivity index (χ3v) is 7.59. The van der Waals surface area contributed by atoms with Gasteiger partial charge in [0.05, 0.1) is 34.5 Å². The molecule has 4 rings (SSSR count). The van der Waals surface area contributed by atoms with Crippen LogP contribution in [-0.4, -0.2) is 71.8 Å². The maximum atomic E-state index is 13.6. The molecule has 0 N–H and O–H groups in total. The fraction of sp³-hybridized carbons (Fsp3) is 0.375. The van der Waals surface area contributed by atoms with Crippen LogP contribution < -0.4 is 0 Å². The van der Waals surface area contributed by atoms with Gasteiger partial charge in [-0.25, -0.2) is 0 Å². The Morgan fingerprint density at radius 1 is 0.848 bits per heavy atom. The lowest BCUT2D eigenvalue weighted by Crippen LogP contribution is -2.66. The number of hydrogen-bond acceptors (Lipinski definition) is 14. The lowest BCUT2D eigenvalue weighted by molar-refractivity contribution is -0.269. The highest BCUT2D eigenvalue weighted by atomic mass is 32.1. The van der Waals surface area contributed by atoms with Gasteiger partial charge in [-0.15, -0.1) is 12.6 Å². The van der Waals surface area contributed by atoms with E-state index in [1.807, 2.05) is 0 Å². The molecule has 2 aromatic rings. The van der Waals surface area contributed by atoms with E-state index in [1.54, 1.807) is 42.5 Å². The van der Waals surface area contributed by atoms with Gasteiger partial charge in [0.25, 0.3) is 0 Å². The molecule has 1 aromatic carbocycles. The summed E-state index contributed by atoms with van der Waals surface area (Å²) in [5.74, 6) is -4.22. The maximum Gasteiger partial charge on any atom is 0.303 e. The number of thiol groups is 1. The Labute approximate surface area is 270 Å². The zero-order valence-corrected chi connectivity index (χ0v) is 26.5. The number of carbonyl (C=O) groups is 5. The standard InChI is InChI=1S/C32H32N2O11S/c1-16(35)25-26(23-12-9-13-40-23)22(14-33)32(46)34(27(25)21-10-7-6-8-11-21)31-30(44-20(5)39)29(43-19(4)38)28(42-18(3)37)24(45-31)15-41-17(2)36/h6-13,24,26,28-31,46H,15H2,1-5H3/t24-,26-,28+,29+,30+,31-/m0/s1. The summed E-state index contributed by atoms with van der Waals surface area (Å²) in [6.07, 6.45) is -5.82. The Hall–Kier alpha value is -4.87. The molecule has 2 aliphatic rings. The fourth-order valence-corrected chi connectivity index (χ4v) is 5.94. The van der Waals surface area contributed by atoms with E-state index in [0.29, 0.717) is 11.3 Å². The van der Waals surface area contributed by atoms with Crippen molar-refractivity contribution < 1.29 is 52.1 Å². The molecular formula is C32H32N2O11S. The van der Waals surface area contributed by atoms with Gasteiger partial charge in [-0.05, 0) is 24.6 Å². The molecule has 3 heterocycles. The van der Waals surface area contributed by atoms with Gasteiger partial charge in [-0.3, -0.25) is 24.0 Å². The third-order valence-electron chi connectivity index (χ3n) is 7.14. The molecule has 1 aromatic heterocycles. The molecule has 1 fully saturated rings. The highest BCUT2D eigenvalue weighted by Gasteiger charge is 2.56. The van der Waals surface area contributed by atoms with Crippen LogP contribution in [0.15, 0.2) is 69.3 Å². The summed E-state index contributed by atoms with van der Waals surface area (Å²) in [7, 11) is 0. The minimum atomic E-state index is -1.53. The smallest absolute Gasteiger partial charge is 0.303 e. The Kier molecular flexibility index (Phi) is 10.7. The Morgan fingerprint density at radius 3 is 1.98 bits per heavy atom. The molecule has 14 heteroatoms. The van der Waals surface area contributed by atoms with Crippen molar-refractivity contribution in [2.75, 3.05) is 6.61 Å². The average molecular weight is 653 g/mol. The average Bonchev–Trinajstić information content (AvgIpc) is 3.52. The van der Waals surface area contributed by atoms with Crippen molar-refractivity contribution in [2.45, 2.75) is 71.2 Å². The van der Waals surface area contributed by atoms with Gasteiger partial charge < -0.3 is 33.0 Å². The second-order valence-corrected chi connectivity index (χ2v) is 10.9. The van der Waals surface area contributed by atoms with E-state index in [2.05, 4.69) is 6.07 Å². The predicted octanol–water partition coefficient (Wildman–Crippen LogP) is 3.43. The minimum Gasteiger partial charge on any atom is -0.468 e. The predicted molar refractivity (Wildman–Crippen MR) is 161 cm³/mol. The molecule has 0 aliphatic carbocycles. The van der Waals surface area contributed by atoms with Crippen molar-refractivity contribution >= 4 is 48.0 Å². The van der Waals surface area contributed by atoms with E-state index in [1.165, 1.54) is 18.1 Å². The molecule has 0 radical (unpaired) electrons. The normalized spacial score (nSPS) is 24.5. The Morgan fingerprint density at radius 2 is 1.46 bits per heavy atom. The van der Waals surface area contributed by atoms with Crippen LogP contribution in [0.3, 0.4) is 0 Å². The van der Waals surface area contributed by atoms with E-state index in [-0.39, 0.29) is 21.9 Å². The van der Waals surface area contributed by atoms with Gasteiger partial charge in [0.2, 0.25) is 0 Å². The number of ether oxygens (including phenoxy) is 5. The molecule has 6 atom stereocenters. The molecule has 0 amide bonds. The van der Waals surface area contributed by atoms with Gasteiger partial charge in [0.15, 0.2) is 30.3 Å². The van der Waals surface area contributed by atoms with Crippen molar-refractivity contribution in [3.63, 3.8) is 0 Å². The molecule has 46 heavy (non-hydrogen) atoms. The zero-order valence-electron chi connectivity index (χ0n) is 25.6. The molecule has 0 bridgehead atoms. The monoisotopic (exact) mass is 652 g/mol. The Balaban J connectivity index is 2.05. The van der Waals surface area contributed by atoms with E-state index < -0.39 is 72.8 Å². The first-order chi connectivity index (χ1) is 21.8. The van der Waals surface area contributed by atoms with Crippen LogP contribution in [0.1, 0.15) is 51.9 Å². The molecule has 2 aliphatic heterocycles. The van der Waals surface area contributed by atoms with Crippen LogP contribution in [0.25, 0.3) is 5.70 Å². The number of carbonyl (C=O) groups excluding carboxylic acids is 5. The summed E-state index contributed by atoms with van der Waals surface area (Å²) in [4.78, 5) is 64.0. The van der Waals surface area contributed by atoms with Gasteiger partial charge in [0, 0.05) is 33.3 Å². The molecule has 13 nitrogen and oxygen atoms in total. The summed E-state index contributed by atoms with van der Waals surface area (Å²) in [6.45, 7) is 5.36. The van der Waals surface area contributed by atoms with Crippen LogP contribution in [0, 0.1) is 11.3 Å². The van der Waals surface area contributed by atoms with Crippen molar-refractivity contribution in [3.05, 3.63) is 76.2 Å². The van der Waals surface area contributed by atoms with Crippen LogP contribution >= 0.6 is 12.6 Å². The Bertz CT molecular complexity index is 1610. The number of ketones is 1. The molecule has 0 unspecified atom stereocenters. The molecule has 1 saturated heterocycles. The number of rotatable bonds is 9. The van der Waals surface area contributed by atoms with E-state index >= 15 is 0 Å². The summed E-state index contributed by atoms with van der Waals surface area (Å²) in [5.41, 5.74) is 0.833. The number of furan rings is 1. The summed E-state index contributed by atoms with van der Waals surface area (Å²) >= 11 is 4.77. The molecule has 0 spiro atoms. The van der Waals surface area contributed by atoms with Gasteiger partial charge in [-0.1, -0.05) is 30.3 Å². The summed E-state index contributed by atoms with van der Waals surface area (Å²) < 4.78 is 34.1. The largest absolute Gasteiger partial charge is 0.468 e. The van der Waals surface area contributed by atoms with Gasteiger partial charge in [0.1, 0.15) is 18.5 Å². The fourth-order valence-electron chi connectivity index (χ4n) is 5.55. The lowest BCUT2D eigenvalue weighted by Gasteiger charge is -2.50. The quantitative estimate of drug-likeness (QED) is 0.238. The number of hydrogen-bond donors (Lipinski definition) is 1. The third kappa shape index (κ3) is 7.16. The first-order valence-corrected chi connectivity index (χ1v) is 14.6. The van der Waals surface area contributed by atoms with E-state index in [4.69, 9.17) is 40.7 Å². The summed E-state index contributed by atoms with van der Waals surface area (Å²) in [6, 6.07) is 14.0. The van der Waals surface area contributed by atoms with E-state index in [0.717, 1.165) is 27.7 Å². The highest BCUT2D eigenvalue weighted by molar-refractivity contribution is 7.84. The number of Topliss-reactive ketones (excluding diaryl/α,β-unsaturated/α-hetero) is 1. The molecular weight excluding hydrogens is 620 g/mol. The van der Waals surface area contributed by atoms with Gasteiger partial charge >= 0.3 is 23.9 Å². The van der Waals surface area contributed by atoms with Crippen LogP contribution in [0.5, 0.6) is 0 Å². The van der Waals surface area contributed by atoms with Crippen molar-refractivity contribution in [3.8, 4) is 6.07 Å². The zero-order chi connectivity index (χ0) is 33.7. The number of allylic oxidation sites excluding steroid dienone is 2. The van der Waals surface area contributed by atoms with Crippen LogP contribution in [-0.2, 0) is 47.7 Å². The van der Waals surface area contributed by atoms with E-state index in [9.17, 15) is 29.2 Å². The highest BCUT2D eigenvalue weighted by Crippen LogP contribution is 2.49. The SMILES string of the molecule is CC(=O)OC[C@@H]1O[C@H](N2C(S)=C(C#N)[C@@H](c3ccco3)C(C(C)=O)=C2c2ccccc2)[C@H](OC(C)=O)[C@H](OC(C)=O)[C@@H]1OC(C)=O. The number of benzene rings is 1. The summed E-state index contributed by atoms with van der Waals surface area (Å²) in [5, 5.41) is 10.4. The van der Waals surface area contributed by atoms with Crippen LogP contribution in [0.4, 0.5) is 0 Å². The number of esters is 4. The second-order valence-electron chi connectivity index (χ2n) is 10.4. The van der Waals surface area contributed by atoms with Gasteiger partial charge in [-0.2, -0.15) is 5.26 Å². The topological polar surface area (TPSA) is 172 Å². The first kappa shape index (κ1) is 34.0. The second kappa shape index (κ2) is 14.5. The number of nitrogens with zero attached hydrogens (tertiary/aromatic N) is 2.